The van der Waals surface area contributed by atoms with Crippen molar-refractivity contribution in [3.05, 3.63) is 132 Å². The van der Waals surface area contributed by atoms with E-state index in [-0.39, 0.29) is 30.1 Å². The molecule has 4 aromatic rings. The van der Waals surface area contributed by atoms with E-state index in [1.54, 1.807) is 0 Å². The van der Waals surface area contributed by atoms with E-state index in [1.807, 2.05) is 54.6 Å². The molecule has 1 saturated carbocycles. The van der Waals surface area contributed by atoms with Gasteiger partial charge in [0.05, 0.1) is 12.5 Å². The van der Waals surface area contributed by atoms with E-state index in [9.17, 15) is 4.79 Å². The molecule has 200 valence electrons. The zero-order valence-electron chi connectivity index (χ0n) is 22.5. The number of esters is 1. The van der Waals surface area contributed by atoms with Crippen molar-refractivity contribution in [2.24, 2.45) is 0 Å². The highest BCUT2D eigenvalue weighted by Gasteiger charge is 2.30. The first-order valence-corrected chi connectivity index (χ1v) is 14.0. The van der Waals surface area contributed by atoms with Crippen molar-refractivity contribution in [2.45, 2.75) is 63.1 Å². The molecule has 0 heterocycles. The molecule has 4 aromatic carbocycles. The van der Waals surface area contributed by atoms with Crippen LogP contribution < -0.4 is 10.1 Å². The molecule has 0 bridgehead atoms. The summed E-state index contributed by atoms with van der Waals surface area (Å²) in [5.74, 6) is 1.69. The number of nitrogens with one attached hydrogen (secondary N) is 1. The number of para-hydroxylation sites is 1. The van der Waals surface area contributed by atoms with Crippen LogP contribution in [-0.4, -0.2) is 18.1 Å². The molecular weight excluding hydrogens is 482 g/mol. The molecule has 1 fully saturated rings. The molecule has 4 heteroatoms. The molecule has 1 aliphatic carbocycles. The van der Waals surface area contributed by atoms with Gasteiger partial charge in [0, 0.05) is 12.0 Å². The molecule has 5 rings (SSSR count). The number of carbonyl (C=O) groups is 1. The second-order valence-electron chi connectivity index (χ2n) is 10.4. The monoisotopic (exact) mass is 519 g/mol. The average molecular weight is 520 g/mol. The van der Waals surface area contributed by atoms with Crippen molar-refractivity contribution < 1.29 is 14.3 Å². The van der Waals surface area contributed by atoms with Gasteiger partial charge in [0.15, 0.2) is 0 Å². The van der Waals surface area contributed by atoms with Crippen LogP contribution in [0.15, 0.2) is 115 Å². The van der Waals surface area contributed by atoms with Gasteiger partial charge in [-0.25, -0.2) is 0 Å². The fourth-order valence-corrected chi connectivity index (χ4v) is 5.51. The van der Waals surface area contributed by atoms with Crippen LogP contribution in [-0.2, 0) is 9.53 Å². The van der Waals surface area contributed by atoms with Crippen LogP contribution in [0, 0.1) is 0 Å². The summed E-state index contributed by atoms with van der Waals surface area (Å²) < 4.78 is 12.1. The number of rotatable bonds is 10. The van der Waals surface area contributed by atoms with Gasteiger partial charge in [0.25, 0.3) is 0 Å². The normalized spacial score (nSPS) is 17.9. The maximum Gasteiger partial charge on any atom is 0.307 e. The lowest BCUT2D eigenvalue weighted by atomic mass is 9.81. The lowest BCUT2D eigenvalue weighted by molar-refractivity contribution is -0.152. The summed E-state index contributed by atoms with van der Waals surface area (Å²) in [7, 11) is 0. The van der Waals surface area contributed by atoms with E-state index in [0.717, 1.165) is 37.2 Å². The van der Waals surface area contributed by atoms with Gasteiger partial charge in [-0.15, -0.1) is 0 Å². The molecule has 39 heavy (non-hydrogen) atoms. The van der Waals surface area contributed by atoms with E-state index in [1.165, 1.54) is 16.7 Å². The van der Waals surface area contributed by atoms with Gasteiger partial charge in [0.2, 0.25) is 0 Å². The largest absolute Gasteiger partial charge is 0.462 e. The molecule has 0 amide bonds. The van der Waals surface area contributed by atoms with E-state index >= 15 is 0 Å². The van der Waals surface area contributed by atoms with Crippen LogP contribution in [0.5, 0.6) is 11.5 Å². The Hall–Kier alpha value is -3.89. The number of ether oxygens (including phenoxy) is 2. The molecule has 1 unspecified atom stereocenters. The minimum atomic E-state index is -0.143. The third-order valence-corrected chi connectivity index (χ3v) is 7.46. The van der Waals surface area contributed by atoms with Crippen LogP contribution in [0.3, 0.4) is 0 Å². The Morgan fingerprint density at radius 3 is 1.90 bits per heavy atom. The lowest BCUT2D eigenvalue weighted by Crippen LogP contribution is -2.35. The van der Waals surface area contributed by atoms with Crippen molar-refractivity contribution in [1.82, 2.24) is 5.32 Å². The lowest BCUT2D eigenvalue weighted by Gasteiger charge is -2.32. The first-order valence-electron chi connectivity index (χ1n) is 14.0. The zero-order chi connectivity index (χ0) is 26.9. The maximum atomic E-state index is 13.1. The standard InChI is InChI=1S/C35H37NO3/c1-26(36-35(28-13-5-2-6-14-28)29-15-7-3-8-16-29)25-34(37)39-33-20-12-11-19-32(33)27-21-23-31(24-22-27)38-30-17-9-4-10-18-30/h2-10,13-18,21-24,26,32-33,35-36H,11-12,19-20,25H2,1H3/t26?,32-,33+/m0/s1. The Morgan fingerprint density at radius 1 is 0.744 bits per heavy atom. The minimum absolute atomic E-state index is 0.00856. The number of hydrogen-bond donors (Lipinski definition) is 1. The topological polar surface area (TPSA) is 47.6 Å². The van der Waals surface area contributed by atoms with E-state index < -0.39 is 0 Å². The molecule has 0 aliphatic heterocycles. The van der Waals surface area contributed by atoms with Gasteiger partial charge < -0.3 is 14.8 Å². The van der Waals surface area contributed by atoms with Gasteiger partial charge in [-0.3, -0.25) is 4.79 Å². The quantitative estimate of drug-likeness (QED) is 0.215. The molecule has 0 aromatic heterocycles. The third-order valence-electron chi connectivity index (χ3n) is 7.46. The molecule has 0 saturated heterocycles. The summed E-state index contributed by atoms with van der Waals surface area (Å²) in [6.07, 6.45) is 4.38. The van der Waals surface area contributed by atoms with Crippen molar-refractivity contribution in [3.8, 4) is 11.5 Å². The Balaban J connectivity index is 1.20. The smallest absolute Gasteiger partial charge is 0.307 e. The second kappa shape index (κ2) is 13.3. The highest BCUT2D eigenvalue weighted by molar-refractivity contribution is 5.70. The highest BCUT2D eigenvalue weighted by Crippen LogP contribution is 2.36. The number of benzene rings is 4. The molecular formula is C35H37NO3. The summed E-state index contributed by atoms with van der Waals surface area (Å²) in [6, 6.07) is 38.8. The maximum absolute atomic E-state index is 13.1. The first kappa shape index (κ1) is 26.7. The van der Waals surface area contributed by atoms with Crippen LogP contribution in [0.2, 0.25) is 0 Å². The molecule has 1 aliphatic rings. The number of hydrogen-bond acceptors (Lipinski definition) is 4. The SMILES string of the molecule is CC(CC(=O)O[C@@H]1CCCC[C@H]1c1ccc(Oc2ccccc2)cc1)NC(c1ccccc1)c1ccccc1. The molecule has 0 spiro atoms. The van der Waals surface area contributed by atoms with Crippen molar-refractivity contribution in [1.29, 1.82) is 0 Å². The van der Waals surface area contributed by atoms with Gasteiger partial charge in [-0.2, -0.15) is 0 Å². The van der Waals surface area contributed by atoms with Crippen molar-refractivity contribution in [3.63, 3.8) is 0 Å². The van der Waals surface area contributed by atoms with Crippen molar-refractivity contribution in [2.75, 3.05) is 0 Å². The predicted octanol–water partition coefficient (Wildman–Crippen LogP) is 8.21. The van der Waals surface area contributed by atoms with Crippen LogP contribution in [0.1, 0.15) is 67.7 Å². The molecule has 4 nitrogen and oxygen atoms in total. The number of carbonyl (C=O) groups excluding carboxylic acids is 1. The fraction of sp³-hybridized carbons (Fsp3) is 0.286. The third kappa shape index (κ3) is 7.36. The predicted molar refractivity (Wildman–Crippen MR) is 156 cm³/mol. The Morgan fingerprint density at radius 2 is 1.28 bits per heavy atom. The van der Waals surface area contributed by atoms with E-state index in [4.69, 9.17) is 9.47 Å². The van der Waals surface area contributed by atoms with Crippen molar-refractivity contribution >= 4 is 5.97 Å². The summed E-state index contributed by atoms with van der Waals surface area (Å²) in [5, 5.41) is 3.67. The molecule has 3 atom stereocenters. The molecule has 0 radical (unpaired) electrons. The first-order chi connectivity index (χ1) is 19.2. The Kier molecular flexibility index (Phi) is 9.08. The summed E-state index contributed by atoms with van der Waals surface area (Å²) >= 11 is 0. The second-order valence-corrected chi connectivity index (χ2v) is 10.4. The van der Waals surface area contributed by atoms with Gasteiger partial charge >= 0.3 is 5.97 Å². The fourth-order valence-electron chi connectivity index (χ4n) is 5.51. The van der Waals surface area contributed by atoms with E-state index in [0.29, 0.717) is 6.42 Å². The van der Waals surface area contributed by atoms with Gasteiger partial charge in [0.1, 0.15) is 17.6 Å². The Labute approximate surface area is 232 Å². The minimum Gasteiger partial charge on any atom is -0.462 e. The van der Waals surface area contributed by atoms with Gasteiger partial charge in [-0.1, -0.05) is 97.4 Å². The van der Waals surface area contributed by atoms with Crippen LogP contribution in [0.25, 0.3) is 0 Å². The van der Waals surface area contributed by atoms with E-state index in [2.05, 4.69) is 72.9 Å². The molecule has 1 N–H and O–H groups in total. The average Bonchev–Trinajstić information content (AvgIpc) is 2.98. The van der Waals surface area contributed by atoms with Crippen LogP contribution >= 0.6 is 0 Å². The highest BCUT2D eigenvalue weighted by atomic mass is 16.5. The van der Waals surface area contributed by atoms with Gasteiger partial charge in [-0.05, 0) is 67.1 Å². The summed E-state index contributed by atoms with van der Waals surface area (Å²) in [5.41, 5.74) is 3.55. The van der Waals surface area contributed by atoms with Crippen LogP contribution in [0.4, 0.5) is 0 Å². The zero-order valence-corrected chi connectivity index (χ0v) is 22.5. The summed E-state index contributed by atoms with van der Waals surface area (Å²) in [6.45, 7) is 2.06. The Bertz CT molecular complexity index is 1250. The summed E-state index contributed by atoms with van der Waals surface area (Å²) in [4.78, 5) is 13.1.